The Morgan fingerprint density at radius 2 is 1.65 bits per heavy atom. The van der Waals surface area contributed by atoms with Crippen molar-refractivity contribution in [2.75, 3.05) is 19.5 Å². The molecule has 136 valence electrons. The van der Waals surface area contributed by atoms with Gasteiger partial charge in [-0.05, 0) is 42.7 Å². The Morgan fingerprint density at radius 1 is 0.962 bits per heavy atom. The fraction of sp³-hybridized carbons (Fsp3) is 0.300. The number of carbonyl (C=O) groups excluding carboxylic acids is 2. The fourth-order valence-corrected chi connectivity index (χ4v) is 2.77. The first-order valence-corrected chi connectivity index (χ1v) is 8.45. The van der Waals surface area contributed by atoms with Gasteiger partial charge in [0.15, 0.2) is 0 Å². The molecule has 6 heteroatoms. The van der Waals surface area contributed by atoms with Gasteiger partial charge < -0.3 is 20.1 Å². The third kappa shape index (κ3) is 3.64. The zero-order valence-corrected chi connectivity index (χ0v) is 14.9. The van der Waals surface area contributed by atoms with Gasteiger partial charge in [0.2, 0.25) is 11.8 Å². The molecular weight excluding hydrogens is 332 g/mol. The molecule has 2 amide bonds. The van der Waals surface area contributed by atoms with Crippen molar-refractivity contribution in [1.29, 1.82) is 0 Å². The smallest absolute Gasteiger partial charge is 0.240 e. The van der Waals surface area contributed by atoms with Crippen molar-refractivity contribution in [3.8, 4) is 11.5 Å². The van der Waals surface area contributed by atoms with E-state index in [1.54, 1.807) is 32.4 Å². The van der Waals surface area contributed by atoms with Crippen LogP contribution in [-0.2, 0) is 16.1 Å². The number of para-hydroxylation sites is 2. The second-order valence-corrected chi connectivity index (χ2v) is 6.27. The van der Waals surface area contributed by atoms with Gasteiger partial charge in [0, 0.05) is 6.54 Å². The number of amides is 2. The van der Waals surface area contributed by atoms with Crippen LogP contribution in [0.3, 0.4) is 0 Å². The Labute approximate surface area is 152 Å². The zero-order chi connectivity index (χ0) is 18.6. The first-order chi connectivity index (χ1) is 12.6. The van der Waals surface area contributed by atoms with Crippen LogP contribution >= 0.6 is 0 Å². The van der Waals surface area contributed by atoms with Gasteiger partial charge in [-0.2, -0.15) is 0 Å². The third-order valence-corrected chi connectivity index (χ3v) is 4.59. The van der Waals surface area contributed by atoms with Crippen molar-refractivity contribution in [3.05, 3.63) is 54.1 Å². The first kappa shape index (κ1) is 17.8. The summed E-state index contributed by atoms with van der Waals surface area (Å²) < 4.78 is 10.4. The van der Waals surface area contributed by atoms with Crippen LogP contribution in [0.25, 0.3) is 0 Å². The Morgan fingerprint density at radius 3 is 2.27 bits per heavy atom. The van der Waals surface area contributed by atoms with Gasteiger partial charge in [0.25, 0.3) is 0 Å². The minimum atomic E-state index is -0.993. The topological polar surface area (TPSA) is 76.7 Å². The number of benzene rings is 2. The van der Waals surface area contributed by atoms with Gasteiger partial charge in [-0.15, -0.1) is 0 Å². The molecule has 0 aliphatic heterocycles. The number of hydrogen-bond acceptors (Lipinski definition) is 4. The SMILES string of the molecule is COc1ccc(CNC(=O)C2(C(=O)Nc3ccccc3OC)CC2)cc1. The molecule has 6 nitrogen and oxygen atoms in total. The van der Waals surface area contributed by atoms with Crippen molar-refractivity contribution < 1.29 is 19.1 Å². The van der Waals surface area contributed by atoms with Crippen LogP contribution in [0, 0.1) is 5.41 Å². The molecule has 2 aromatic rings. The zero-order valence-electron chi connectivity index (χ0n) is 14.9. The van der Waals surface area contributed by atoms with Gasteiger partial charge in [0.05, 0.1) is 19.9 Å². The largest absolute Gasteiger partial charge is 0.497 e. The lowest BCUT2D eigenvalue weighted by atomic mass is 10.0. The predicted octanol–water partition coefficient (Wildman–Crippen LogP) is 2.74. The van der Waals surface area contributed by atoms with Crippen molar-refractivity contribution in [3.63, 3.8) is 0 Å². The number of nitrogens with one attached hydrogen (secondary N) is 2. The van der Waals surface area contributed by atoms with Gasteiger partial charge >= 0.3 is 0 Å². The van der Waals surface area contributed by atoms with Crippen molar-refractivity contribution >= 4 is 17.5 Å². The maximum atomic E-state index is 12.7. The van der Waals surface area contributed by atoms with Gasteiger partial charge in [-0.1, -0.05) is 24.3 Å². The van der Waals surface area contributed by atoms with Crippen LogP contribution in [0.4, 0.5) is 5.69 Å². The molecule has 0 aromatic heterocycles. The summed E-state index contributed by atoms with van der Waals surface area (Å²) in [5.41, 5.74) is 0.516. The molecule has 0 radical (unpaired) electrons. The Balaban J connectivity index is 1.61. The molecule has 26 heavy (non-hydrogen) atoms. The molecule has 0 atom stereocenters. The van der Waals surface area contributed by atoms with Gasteiger partial charge in [-0.3, -0.25) is 9.59 Å². The number of anilines is 1. The van der Waals surface area contributed by atoms with Crippen molar-refractivity contribution in [1.82, 2.24) is 5.32 Å². The highest BCUT2D eigenvalue weighted by Gasteiger charge is 2.56. The van der Waals surface area contributed by atoms with E-state index in [1.807, 2.05) is 30.3 Å². The number of ether oxygens (including phenoxy) is 2. The average molecular weight is 354 g/mol. The summed E-state index contributed by atoms with van der Waals surface area (Å²) in [4.78, 5) is 25.2. The second kappa shape index (κ2) is 7.47. The normalized spacial score (nSPS) is 14.2. The molecule has 0 saturated heterocycles. The van der Waals surface area contributed by atoms with Gasteiger partial charge in [0.1, 0.15) is 16.9 Å². The molecule has 0 unspecified atom stereocenters. The van der Waals surface area contributed by atoms with E-state index in [2.05, 4.69) is 10.6 Å². The van der Waals surface area contributed by atoms with Crippen LogP contribution in [0.15, 0.2) is 48.5 Å². The summed E-state index contributed by atoms with van der Waals surface area (Å²) >= 11 is 0. The molecule has 3 rings (SSSR count). The van der Waals surface area contributed by atoms with Gasteiger partial charge in [-0.25, -0.2) is 0 Å². The summed E-state index contributed by atoms with van der Waals surface area (Å²) in [5, 5.41) is 5.68. The Bertz CT molecular complexity index is 798. The Hall–Kier alpha value is -3.02. The van der Waals surface area contributed by atoms with E-state index < -0.39 is 5.41 Å². The summed E-state index contributed by atoms with van der Waals surface area (Å²) in [6, 6.07) is 14.6. The van der Waals surface area contributed by atoms with E-state index in [4.69, 9.17) is 9.47 Å². The predicted molar refractivity (Wildman–Crippen MR) is 98.1 cm³/mol. The molecule has 0 bridgehead atoms. The average Bonchev–Trinajstić information content (AvgIpc) is 3.49. The highest BCUT2D eigenvalue weighted by Crippen LogP contribution is 2.47. The van der Waals surface area contributed by atoms with E-state index in [0.717, 1.165) is 11.3 Å². The van der Waals surface area contributed by atoms with Crippen LogP contribution in [-0.4, -0.2) is 26.0 Å². The molecule has 1 aliphatic rings. The fourth-order valence-electron chi connectivity index (χ4n) is 2.77. The summed E-state index contributed by atoms with van der Waals surface area (Å²) in [6.07, 6.45) is 1.09. The highest BCUT2D eigenvalue weighted by atomic mass is 16.5. The molecular formula is C20H22N2O4. The lowest BCUT2D eigenvalue weighted by molar-refractivity contribution is -0.134. The van der Waals surface area contributed by atoms with Crippen LogP contribution < -0.4 is 20.1 Å². The minimum Gasteiger partial charge on any atom is -0.497 e. The van der Waals surface area contributed by atoms with Crippen LogP contribution in [0.2, 0.25) is 0 Å². The van der Waals surface area contributed by atoms with Crippen molar-refractivity contribution in [2.24, 2.45) is 5.41 Å². The molecule has 2 N–H and O–H groups in total. The number of methoxy groups -OCH3 is 2. The quantitative estimate of drug-likeness (QED) is 0.750. The second-order valence-electron chi connectivity index (χ2n) is 6.27. The standard InChI is InChI=1S/C20H22N2O4/c1-25-15-9-7-14(8-10-15)13-21-18(23)20(11-12-20)19(24)22-16-5-3-4-6-17(16)26-2/h3-10H,11-13H2,1-2H3,(H,21,23)(H,22,24). The highest BCUT2D eigenvalue weighted by molar-refractivity contribution is 6.13. The molecule has 2 aromatic carbocycles. The lowest BCUT2D eigenvalue weighted by Crippen LogP contribution is -2.39. The Kier molecular flexibility index (Phi) is 5.11. The monoisotopic (exact) mass is 354 g/mol. The summed E-state index contributed by atoms with van der Waals surface area (Å²) in [5.74, 6) is 0.778. The maximum absolute atomic E-state index is 12.7. The van der Waals surface area contributed by atoms with E-state index in [1.165, 1.54) is 0 Å². The summed E-state index contributed by atoms with van der Waals surface area (Å²) in [6.45, 7) is 0.368. The number of hydrogen-bond donors (Lipinski definition) is 2. The number of carbonyl (C=O) groups is 2. The molecule has 1 aliphatic carbocycles. The minimum absolute atomic E-state index is 0.249. The van der Waals surface area contributed by atoms with E-state index in [9.17, 15) is 9.59 Å². The third-order valence-electron chi connectivity index (χ3n) is 4.59. The molecule has 0 spiro atoms. The van der Waals surface area contributed by atoms with Crippen LogP contribution in [0.1, 0.15) is 18.4 Å². The summed E-state index contributed by atoms with van der Waals surface area (Å²) in [7, 11) is 3.15. The first-order valence-electron chi connectivity index (χ1n) is 8.45. The maximum Gasteiger partial charge on any atom is 0.240 e. The van der Waals surface area contributed by atoms with E-state index in [-0.39, 0.29) is 11.8 Å². The molecule has 0 heterocycles. The molecule has 1 fully saturated rings. The van der Waals surface area contributed by atoms with Crippen molar-refractivity contribution in [2.45, 2.75) is 19.4 Å². The van der Waals surface area contributed by atoms with E-state index in [0.29, 0.717) is 30.8 Å². The van der Waals surface area contributed by atoms with Crippen LogP contribution in [0.5, 0.6) is 11.5 Å². The van der Waals surface area contributed by atoms with E-state index >= 15 is 0 Å². The number of rotatable bonds is 7. The lowest BCUT2D eigenvalue weighted by Gasteiger charge is -2.17. The molecule has 1 saturated carbocycles.